The SMILES string of the molecule is CC#CCOCC(C)=O. The smallest absolute Gasteiger partial charge is 0.155 e. The quantitative estimate of drug-likeness (QED) is 0.409. The summed E-state index contributed by atoms with van der Waals surface area (Å²) in [5, 5.41) is 0. The lowest BCUT2D eigenvalue weighted by atomic mass is 10.5. The number of ether oxygens (including phenoxy) is 1. The van der Waals surface area contributed by atoms with E-state index in [1.165, 1.54) is 6.92 Å². The van der Waals surface area contributed by atoms with E-state index in [0.29, 0.717) is 6.61 Å². The fourth-order valence-electron chi connectivity index (χ4n) is 0.318. The van der Waals surface area contributed by atoms with Gasteiger partial charge in [0.05, 0.1) is 0 Å². The van der Waals surface area contributed by atoms with Crippen LogP contribution in [0.1, 0.15) is 13.8 Å². The van der Waals surface area contributed by atoms with Crippen molar-refractivity contribution >= 4 is 5.78 Å². The second-order valence-electron chi connectivity index (χ2n) is 1.62. The maximum Gasteiger partial charge on any atom is 0.155 e. The van der Waals surface area contributed by atoms with Gasteiger partial charge in [0.15, 0.2) is 5.78 Å². The Morgan fingerprint density at radius 3 is 2.78 bits per heavy atom. The molecule has 2 nitrogen and oxygen atoms in total. The minimum atomic E-state index is 0.0351. The fourth-order valence-corrected chi connectivity index (χ4v) is 0.318. The predicted molar refractivity (Wildman–Crippen MR) is 34.9 cm³/mol. The van der Waals surface area contributed by atoms with Gasteiger partial charge in [0, 0.05) is 0 Å². The zero-order chi connectivity index (χ0) is 7.11. The van der Waals surface area contributed by atoms with E-state index in [-0.39, 0.29) is 12.4 Å². The van der Waals surface area contributed by atoms with Crippen LogP contribution in [0.2, 0.25) is 0 Å². The van der Waals surface area contributed by atoms with E-state index in [0.717, 1.165) is 0 Å². The number of carbonyl (C=O) groups is 1. The van der Waals surface area contributed by atoms with Crippen LogP contribution in [0.3, 0.4) is 0 Å². The summed E-state index contributed by atoms with van der Waals surface area (Å²) in [7, 11) is 0. The van der Waals surface area contributed by atoms with E-state index >= 15 is 0 Å². The maximum absolute atomic E-state index is 10.2. The molecule has 0 rings (SSSR count). The van der Waals surface area contributed by atoms with Crippen LogP contribution in [0.4, 0.5) is 0 Å². The van der Waals surface area contributed by atoms with Crippen LogP contribution in [0.5, 0.6) is 0 Å². The summed E-state index contributed by atoms with van der Waals surface area (Å²) in [6, 6.07) is 0. The lowest BCUT2D eigenvalue weighted by molar-refractivity contribution is -0.120. The summed E-state index contributed by atoms with van der Waals surface area (Å²) in [5.41, 5.74) is 0. The van der Waals surface area contributed by atoms with Crippen molar-refractivity contribution < 1.29 is 9.53 Å². The molecule has 0 radical (unpaired) electrons. The van der Waals surface area contributed by atoms with Crippen molar-refractivity contribution in [3.63, 3.8) is 0 Å². The Morgan fingerprint density at radius 1 is 1.67 bits per heavy atom. The van der Waals surface area contributed by atoms with Crippen LogP contribution in [0.15, 0.2) is 0 Å². The van der Waals surface area contributed by atoms with E-state index < -0.39 is 0 Å². The molecule has 0 saturated heterocycles. The highest BCUT2D eigenvalue weighted by Crippen LogP contribution is 1.73. The highest BCUT2D eigenvalue weighted by atomic mass is 16.5. The molecule has 0 aliphatic heterocycles. The summed E-state index contributed by atoms with van der Waals surface area (Å²) >= 11 is 0. The second kappa shape index (κ2) is 5.33. The van der Waals surface area contributed by atoms with Crippen molar-refractivity contribution in [2.24, 2.45) is 0 Å². The molecule has 0 aliphatic rings. The van der Waals surface area contributed by atoms with E-state index in [2.05, 4.69) is 11.8 Å². The molecule has 0 N–H and O–H groups in total. The lowest BCUT2D eigenvalue weighted by Gasteiger charge is -1.91. The van der Waals surface area contributed by atoms with Gasteiger partial charge in [-0.2, -0.15) is 0 Å². The molecule has 0 unspecified atom stereocenters. The third kappa shape index (κ3) is 7.19. The monoisotopic (exact) mass is 126 g/mol. The van der Waals surface area contributed by atoms with Gasteiger partial charge in [-0.05, 0) is 13.8 Å². The van der Waals surface area contributed by atoms with Crippen molar-refractivity contribution in [3.05, 3.63) is 0 Å². The van der Waals surface area contributed by atoms with Gasteiger partial charge in [0.25, 0.3) is 0 Å². The summed E-state index contributed by atoms with van der Waals surface area (Å²) in [6.45, 7) is 3.75. The number of carbonyl (C=O) groups excluding carboxylic acids is 1. The van der Waals surface area contributed by atoms with Crippen LogP contribution in [-0.4, -0.2) is 19.0 Å². The summed E-state index contributed by atoms with van der Waals surface area (Å²) in [6.07, 6.45) is 0. The molecule has 50 valence electrons. The zero-order valence-electron chi connectivity index (χ0n) is 5.73. The topological polar surface area (TPSA) is 26.3 Å². The summed E-state index contributed by atoms with van der Waals surface area (Å²) in [5.74, 6) is 5.37. The normalized spacial score (nSPS) is 7.78. The van der Waals surface area contributed by atoms with Crippen LogP contribution in [-0.2, 0) is 9.53 Å². The molecular formula is C7H10O2. The largest absolute Gasteiger partial charge is 0.361 e. The van der Waals surface area contributed by atoms with E-state index in [4.69, 9.17) is 4.74 Å². The van der Waals surface area contributed by atoms with E-state index in [9.17, 15) is 4.79 Å². The first-order chi connectivity index (χ1) is 4.27. The molecule has 0 aromatic carbocycles. The molecule has 0 aromatic heterocycles. The predicted octanol–water partition coefficient (Wildman–Crippen LogP) is 0.615. The van der Waals surface area contributed by atoms with E-state index in [1.54, 1.807) is 6.92 Å². The average Bonchev–Trinajstić information content (AvgIpc) is 1.80. The Bertz CT molecular complexity index is 139. The summed E-state index contributed by atoms with van der Waals surface area (Å²) < 4.78 is 4.81. The first-order valence-corrected chi connectivity index (χ1v) is 2.74. The molecular weight excluding hydrogens is 116 g/mol. The third-order valence-electron chi connectivity index (χ3n) is 0.656. The van der Waals surface area contributed by atoms with Crippen molar-refractivity contribution in [2.45, 2.75) is 13.8 Å². The molecule has 0 fully saturated rings. The number of ketones is 1. The van der Waals surface area contributed by atoms with Gasteiger partial charge in [-0.1, -0.05) is 5.92 Å². The van der Waals surface area contributed by atoms with Crippen LogP contribution >= 0.6 is 0 Å². The van der Waals surface area contributed by atoms with Crippen molar-refractivity contribution in [1.82, 2.24) is 0 Å². The molecule has 0 aromatic rings. The lowest BCUT2D eigenvalue weighted by Crippen LogP contribution is -2.03. The Morgan fingerprint density at radius 2 is 2.33 bits per heavy atom. The first kappa shape index (κ1) is 8.19. The molecule has 0 heterocycles. The van der Waals surface area contributed by atoms with Gasteiger partial charge >= 0.3 is 0 Å². The van der Waals surface area contributed by atoms with Crippen LogP contribution < -0.4 is 0 Å². The Labute approximate surface area is 55.2 Å². The van der Waals surface area contributed by atoms with Crippen molar-refractivity contribution in [1.29, 1.82) is 0 Å². The van der Waals surface area contributed by atoms with Gasteiger partial charge in [-0.3, -0.25) is 4.79 Å². The first-order valence-electron chi connectivity index (χ1n) is 2.74. The highest BCUT2D eigenvalue weighted by Gasteiger charge is 1.88. The van der Waals surface area contributed by atoms with Gasteiger partial charge in [0.1, 0.15) is 13.2 Å². The number of Topliss-reactive ketones (excluding diaryl/α,β-unsaturated/α-hetero) is 1. The van der Waals surface area contributed by atoms with Crippen molar-refractivity contribution in [2.75, 3.05) is 13.2 Å². The standard InChI is InChI=1S/C7H10O2/c1-3-4-5-9-6-7(2)8/h5-6H2,1-2H3. The molecule has 0 aliphatic carbocycles. The summed E-state index contributed by atoms with van der Waals surface area (Å²) in [4.78, 5) is 10.2. The maximum atomic E-state index is 10.2. The Kier molecular flexibility index (Phi) is 4.85. The zero-order valence-corrected chi connectivity index (χ0v) is 5.73. The van der Waals surface area contributed by atoms with Gasteiger partial charge in [-0.15, -0.1) is 5.92 Å². The number of hydrogen-bond acceptors (Lipinski definition) is 2. The average molecular weight is 126 g/mol. The van der Waals surface area contributed by atoms with E-state index in [1.807, 2.05) is 0 Å². The number of rotatable bonds is 3. The Hall–Kier alpha value is -0.810. The molecule has 9 heavy (non-hydrogen) atoms. The van der Waals surface area contributed by atoms with Crippen LogP contribution in [0.25, 0.3) is 0 Å². The van der Waals surface area contributed by atoms with Crippen LogP contribution in [0, 0.1) is 11.8 Å². The molecule has 2 heteroatoms. The molecule has 0 bridgehead atoms. The van der Waals surface area contributed by atoms with Gasteiger partial charge in [0.2, 0.25) is 0 Å². The van der Waals surface area contributed by atoms with Gasteiger partial charge < -0.3 is 4.74 Å². The van der Waals surface area contributed by atoms with Crippen molar-refractivity contribution in [3.8, 4) is 11.8 Å². The minimum Gasteiger partial charge on any atom is -0.361 e. The highest BCUT2D eigenvalue weighted by molar-refractivity contribution is 5.76. The Balaban J connectivity index is 3.07. The molecule has 0 spiro atoms. The third-order valence-corrected chi connectivity index (χ3v) is 0.656. The minimum absolute atomic E-state index is 0.0351. The number of hydrogen-bond donors (Lipinski definition) is 0. The van der Waals surface area contributed by atoms with Gasteiger partial charge in [-0.25, -0.2) is 0 Å². The molecule has 0 saturated carbocycles. The fraction of sp³-hybridized carbons (Fsp3) is 0.571. The second-order valence-corrected chi connectivity index (χ2v) is 1.62. The molecule has 0 atom stereocenters. The molecule has 0 amide bonds.